The summed E-state index contributed by atoms with van der Waals surface area (Å²) in [6.07, 6.45) is 0. The Bertz CT molecular complexity index is 898. The Morgan fingerprint density at radius 3 is 1.48 bits per heavy atom. The van der Waals surface area contributed by atoms with Gasteiger partial charge in [-0.1, -0.05) is 60.7 Å². The van der Waals surface area contributed by atoms with E-state index in [2.05, 4.69) is 0 Å². The van der Waals surface area contributed by atoms with E-state index < -0.39 is 10.1 Å². The molecule has 134 valence electrons. The first-order valence-corrected chi connectivity index (χ1v) is 9.36. The summed E-state index contributed by atoms with van der Waals surface area (Å²) in [5, 5.41) is 0. The van der Waals surface area contributed by atoms with Crippen LogP contribution < -0.4 is 39.0 Å². The SMILES string of the molecule is O=S(=O)([O-])c1cc(OCc2ccccc2)cc(OCc2ccccc2)c1.[Na+]. The van der Waals surface area contributed by atoms with Crippen LogP contribution >= 0.6 is 0 Å². The quantitative estimate of drug-likeness (QED) is 0.438. The van der Waals surface area contributed by atoms with E-state index in [9.17, 15) is 13.0 Å². The molecule has 27 heavy (non-hydrogen) atoms. The molecule has 0 fully saturated rings. The van der Waals surface area contributed by atoms with Gasteiger partial charge in [0.15, 0.2) is 0 Å². The molecule has 0 radical (unpaired) electrons. The molecule has 3 aromatic rings. The third-order valence-corrected chi connectivity index (χ3v) is 4.45. The molecule has 3 aromatic carbocycles. The zero-order valence-corrected chi connectivity index (χ0v) is 17.7. The zero-order chi connectivity index (χ0) is 18.4. The summed E-state index contributed by atoms with van der Waals surface area (Å²) in [7, 11) is -4.62. The van der Waals surface area contributed by atoms with Gasteiger partial charge in [0.2, 0.25) is 0 Å². The maximum absolute atomic E-state index is 11.4. The van der Waals surface area contributed by atoms with E-state index in [1.165, 1.54) is 12.1 Å². The van der Waals surface area contributed by atoms with Gasteiger partial charge in [0, 0.05) is 6.07 Å². The van der Waals surface area contributed by atoms with Gasteiger partial charge in [0.1, 0.15) is 34.8 Å². The molecule has 7 heteroatoms. The van der Waals surface area contributed by atoms with E-state index in [0.29, 0.717) is 0 Å². The molecule has 0 saturated heterocycles. The van der Waals surface area contributed by atoms with Gasteiger partial charge < -0.3 is 14.0 Å². The third kappa shape index (κ3) is 6.68. The van der Waals surface area contributed by atoms with Gasteiger partial charge in [-0.15, -0.1) is 0 Å². The Hall–Kier alpha value is -1.83. The van der Waals surface area contributed by atoms with Gasteiger partial charge >= 0.3 is 29.6 Å². The van der Waals surface area contributed by atoms with Gasteiger partial charge in [-0.3, -0.25) is 0 Å². The molecule has 0 aliphatic carbocycles. The summed E-state index contributed by atoms with van der Waals surface area (Å²) in [6, 6.07) is 22.9. The van der Waals surface area contributed by atoms with Crippen molar-refractivity contribution in [2.75, 3.05) is 0 Å². The Morgan fingerprint density at radius 1 is 0.704 bits per heavy atom. The van der Waals surface area contributed by atoms with Crippen molar-refractivity contribution in [3.8, 4) is 11.5 Å². The van der Waals surface area contributed by atoms with E-state index in [4.69, 9.17) is 9.47 Å². The molecular weight excluding hydrogens is 375 g/mol. The van der Waals surface area contributed by atoms with Crippen molar-refractivity contribution in [2.24, 2.45) is 0 Å². The fourth-order valence-corrected chi connectivity index (χ4v) is 2.86. The molecule has 0 aromatic heterocycles. The minimum absolute atomic E-state index is 0. The van der Waals surface area contributed by atoms with Gasteiger partial charge in [-0.05, 0) is 23.3 Å². The summed E-state index contributed by atoms with van der Waals surface area (Å²) in [5.74, 6) is 0.516. The topological polar surface area (TPSA) is 75.7 Å². The fraction of sp³-hybridized carbons (Fsp3) is 0.100. The Balaban J connectivity index is 0.00000261. The van der Waals surface area contributed by atoms with Crippen molar-refractivity contribution in [2.45, 2.75) is 18.1 Å². The van der Waals surface area contributed by atoms with Crippen molar-refractivity contribution in [1.82, 2.24) is 0 Å². The van der Waals surface area contributed by atoms with Crippen LogP contribution in [-0.2, 0) is 23.3 Å². The first kappa shape index (κ1) is 21.5. The van der Waals surface area contributed by atoms with Gasteiger partial charge in [-0.25, -0.2) is 8.42 Å². The van der Waals surface area contributed by atoms with Crippen LogP contribution in [0.2, 0.25) is 0 Å². The smallest absolute Gasteiger partial charge is 0.744 e. The largest absolute Gasteiger partial charge is 1.00 e. The van der Waals surface area contributed by atoms with Gasteiger partial charge in [0.05, 0.1) is 4.90 Å². The van der Waals surface area contributed by atoms with Crippen molar-refractivity contribution in [3.05, 3.63) is 90.0 Å². The number of hydrogen-bond acceptors (Lipinski definition) is 5. The molecule has 0 atom stereocenters. The van der Waals surface area contributed by atoms with Crippen molar-refractivity contribution in [1.29, 1.82) is 0 Å². The molecule has 0 unspecified atom stereocenters. The fourth-order valence-electron chi connectivity index (χ4n) is 2.34. The third-order valence-electron chi connectivity index (χ3n) is 3.64. The second-order valence-corrected chi connectivity index (χ2v) is 7.02. The number of hydrogen-bond donors (Lipinski definition) is 0. The standard InChI is InChI=1S/C20H18O5S.Na/c21-26(22,23)20-12-18(24-14-16-7-3-1-4-8-16)11-19(13-20)25-15-17-9-5-2-6-10-17;/h1-13H,14-15H2,(H,21,22,23);/q;+1/p-1. The minimum atomic E-state index is -4.62. The van der Waals surface area contributed by atoms with Crippen LogP contribution in [0.15, 0.2) is 83.8 Å². The molecule has 0 spiro atoms. The Morgan fingerprint density at radius 2 is 1.11 bits per heavy atom. The van der Waals surface area contributed by atoms with Crippen LogP contribution in [0.1, 0.15) is 11.1 Å². The molecule has 5 nitrogen and oxygen atoms in total. The van der Waals surface area contributed by atoms with Gasteiger partial charge in [-0.2, -0.15) is 0 Å². The van der Waals surface area contributed by atoms with Crippen LogP contribution in [0, 0.1) is 0 Å². The van der Waals surface area contributed by atoms with Gasteiger partial charge in [0.25, 0.3) is 0 Å². The summed E-state index contributed by atoms with van der Waals surface area (Å²) >= 11 is 0. The molecule has 0 amide bonds. The van der Waals surface area contributed by atoms with Crippen molar-refractivity contribution in [3.63, 3.8) is 0 Å². The second-order valence-electron chi connectivity index (χ2n) is 5.64. The summed E-state index contributed by atoms with van der Waals surface area (Å²) in [4.78, 5) is -0.383. The summed E-state index contributed by atoms with van der Waals surface area (Å²) < 4.78 is 45.5. The molecule has 0 N–H and O–H groups in total. The Kier molecular flexibility index (Phi) is 7.89. The molecule has 0 saturated carbocycles. The molecule has 0 bridgehead atoms. The van der Waals surface area contributed by atoms with Crippen molar-refractivity contribution < 1.29 is 52.0 Å². The van der Waals surface area contributed by atoms with Crippen LogP contribution in [-0.4, -0.2) is 13.0 Å². The zero-order valence-electron chi connectivity index (χ0n) is 14.9. The number of benzene rings is 3. The first-order chi connectivity index (χ1) is 12.5. The summed E-state index contributed by atoms with van der Waals surface area (Å²) in [6.45, 7) is 0.503. The van der Waals surface area contributed by atoms with E-state index in [1.54, 1.807) is 6.07 Å². The van der Waals surface area contributed by atoms with E-state index >= 15 is 0 Å². The normalized spacial score (nSPS) is 10.7. The maximum atomic E-state index is 11.4. The monoisotopic (exact) mass is 392 g/mol. The number of rotatable bonds is 7. The molecule has 0 heterocycles. The number of ether oxygens (including phenoxy) is 2. The molecule has 3 rings (SSSR count). The molecule has 0 aliphatic heterocycles. The summed E-state index contributed by atoms with van der Waals surface area (Å²) in [5.41, 5.74) is 1.85. The van der Waals surface area contributed by atoms with E-state index in [-0.39, 0.29) is 59.2 Å². The van der Waals surface area contributed by atoms with Crippen LogP contribution in [0.3, 0.4) is 0 Å². The Labute approximate surface area is 181 Å². The van der Waals surface area contributed by atoms with Crippen LogP contribution in [0.4, 0.5) is 0 Å². The maximum Gasteiger partial charge on any atom is 1.00 e. The van der Waals surface area contributed by atoms with Crippen molar-refractivity contribution >= 4 is 10.1 Å². The van der Waals surface area contributed by atoms with Crippen LogP contribution in [0.25, 0.3) is 0 Å². The average Bonchev–Trinajstić information content (AvgIpc) is 2.66. The second kappa shape index (κ2) is 9.92. The average molecular weight is 392 g/mol. The minimum Gasteiger partial charge on any atom is -0.744 e. The first-order valence-electron chi connectivity index (χ1n) is 7.95. The molecule has 0 aliphatic rings. The predicted octanol–water partition coefficient (Wildman–Crippen LogP) is 0.753. The molecular formula is C20H17NaO5S. The van der Waals surface area contributed by atoms with E-state index in [1.807, 2.05) is 60.7 Å². The van der Waals surface area contributed by atoms with E-state index in [0.717, 1.165) is 11.1 Å². The predicted molar refractivity (Wildman–Crippen MR) is 96.0 cm³/mol. The van der Waals surface area contributed by atoms with Crippen LogP contribution in [0.5, 0.6) is 11.5 Å².